The van der Waals surface area contributed by atoms with Crippen LogP contribution < -0.4 is 10.6 Å². The van der Waals surface area contributed by atoms with Crippen LogP contribution in [0.4, 0.5) is 0 Å². The summed E-state index contributed by atoms with van der Waals surface area (Å²) in [6.45, 7) is 7.02. The average molecular weight is 364 g/mol. The predicted molar refractivity (Wildman–Crippen MR) is 105 cm³/mol. The molecule has 0 atom stereocenters. The van der Waals surface area contributed by atoms with Crippen molar-refractivity contribution in [2.75, 3.05) is 6.54 Å². The van der Waals surface area contributed by atoms with Crippen molar-refractivity contribution < 1.29 is 9.59 Å². The van der Waals surface area contributed by atoms with Crippen molar-refractivity contribution in [3.63, 3.8) is 0 Å². The number of amides is 2. The molecular formula is C21H24N4O2. The SMILES string of the molecule is Cc1ccc(CNC(=O)c2nc(C(=O)NCC(C)C)n3ccccc23)cc1. The first-order chi connectivity index (χ1) is 13.0. The van der Waals surface area contributed by atoms with E-state index in [0.717, 1.165) is 5.56 Å². The zero-order valence-corrected chi connectivity index (χ0v) is 15.8. The summed E-state index contributed by atoms with van der Waals surface area (Å²) >= 11 is 0. The summed E-state index contributed by atoms with van der Waals surface area (Å²) in [5.41, 5.74) is 3.03. The molecule has 2 heterocycles. The lowest BCUT2D eigenvalue weighted by Crippen LogP contribution is -2.29. The molecule has 6 heteroatoms. The Labute approximate surface area is 158 Å². The molecule has 0 saturated heterocycles. The third kappa shape index (κ3) is 4.34. The first-order valence-corrected chi connectivity index (χ1v) is 9.04. The van der Waals surface area contributed by atoms with Gasteiger partial charge in [0.2, 0.25) is 5.82 Å². The third-order valence-corrected chi connectivity index (χ3v) is 4.21. The summed E-state index contributed by atoms with van der Waals surface area (Å²) in [5.74, 6) is -0.0474. The van der Waals surface area contributed by atoms with Gasteiger partial charge in [0.25, 0.3) is 11.8 Å². The largest absolute Gasteiger partial charge is 0.349 e. The summed E-state index contributed by atoms with van der Waals surface area (Å²) in [5, 5.41) is 5.73. The first-order valence-electron chi connectivity index (χ1n) is 9.04. The van der Waals surface area contributed by atoms with E-state index in [4.69, 9.17) is 0 Å². The van der Waals surface area contributed by atoms with Crippen molar-refractivity contribution in [1.29, 1.82) is 0 Å². The molecular weight excluding hydrogens is 340 g/mol. The maximum absolute atomic E-state index is 12.7. The fourth-order valence-corrected chi connectivity index (χ4v) is 2.71. The van der Waals surface area contributed by atoms with E-state index >= 15 is 0 Å². The van der Waals surface area contributed by atoms with E-state index in [1.54, 1.807) is 16.7 Å². The second kappa shape index (κ2) is 8.03. The van der Waals surface area contributed by atoms with E-state index < -0.39 is 0 Å². The topological polar surface area (TPSA) is 75.5 Å². The van der Waals surface area contributed by atoms with E-state index in [1.165, 1.54) is 5.56 Å². The van der Waals surface area contributed by atoms with Gasteiger partial charge in [0.05, 0.1) is 5.52 Å². The number of carbonyl (C=O) groups excluding carboxylic acids is 2. The number of fused-ring (bicyclic) bond motifs is 1. The van der Waals surface area contributed by atoms with Crippen molar-refractivity contribution in [1.82, 2.24) is 20.0 Å². The molecule has 27 heavy (non-hydrogen) atoms. The summed E-state index contributed by atoms with van der Waals surface area (Å²) < 4.78 is 1.65. The van der Waals surface area contributed by atoms with Gasteiger partial charge < -0.3 is 10.6 Å². The first kappa shape index (κ1) is 18.6. The number of imidazole rings is 1. The highest BCUT2D eigenvalue weighted by atomic mass is 16.2. The van der Waals surface area contributed by atoms with Gasteiger partial charge >= 0.3 is 0 Å². The molecule has 140 valence electrons. The zero-order valence-electron chi connectivity index (χ0n) is 15.8. The second-order valence-corrected chi connectivity index (χ2v) is 7.01. The predicted octanol–water partition coefficient (Wildman–Crippen LogP) is 2.96. The fraction of sp³-hybridized carbons (Fsp3) is 0.286. The molecule has 0 bridgehead atoms. The molecule has 0 aliphatic rings. The molecule has 0 saturated carbocycles. The Bertz CT molecular complexity index is 958. The summed E-state index contributed by atoms with van der Waals surface area (Å²) in [4.78, 5) is 29.5. The van der Waals surface area contributed by atoms with Crippen molar-refractivity contribution in [2.24, 2.45) is 5.92 Å². The molecule has 2 amide bonds. The highest BCUT2D eigenvalue weighted by Gasteiger charge is 2.21. The smallest absolute Gasteiger partial charge is 0.287 e. The van der Waals surface area contributed by atoms with Crippen LogP contribution >= 0.6 is 0 Å². The van der Waals surface area contributed by atoms with E-state index in [2.05, 4.69) is 15.6 Å². The number of hydrogen-bond acceptors (Lipinski definition) is 3. The number of nitrogens with zero attached hydrogens (tertiary/aromatic N) is 2. The molecule has 0 aliphatic heterocycles. The van der Waals surface area contributed by atoms with Gasteiger partial charge in [0, 0.05) is 19.3 Å². The van der Waals surface area contributed by atoms with Crippen LogP contribution in [0.3, 0.4) is 0 Å². The van der Waals surface area contributed by atoms with Gasteiger partial charge in [0.15, 0.2) is 5.69 Å². The number of benzene rings is 1. The third-order valence-electron chi connectivity index (χ3n) is 4.21. The summed E-state index contributed by atoms with van der Waals surface area (Å²) in [6, 6.07) is 13.4. The number of carbonyl (C=O) groups is 2. The number of pyridine rings is 1. The minimum atomic E-state index is -0.304. The van der Waals surface area contributed by atoms with Crippen LogP contribution in [0.25, 0.3) is 5.52 Å². The van der Waals surface area contributed by atoms with Crippen molar-refractivity contribution in [3.05, 3.63) is 71.3 Å². The quantitative estimate of drug-likeness (QED) is 0.706. The normalized spacial score (nSPS) is 11.0. The van der Waals surface area contributed by atoms with Crippen LogP contribution in [0.2, 0.25) is 0 Å². The molecule has 1 aromatic carbocycles. The molecule has 6 nitrogen and oxygen atoms in total. The Morgan fingerprint density at radius 2 is 1.78 bits per heavy atom. The van der Waals surface area contributed by atoms with Gasteiger partial charge in [-0.15, -0.1) is 0 Å². The highest BCUT2D eigenvalue weighted by Crippen LogP contribution is 2.14. The molecule has 0 spiro atoms. The fourth-order valence-electron chi connectivity index (χ4n) is 2.71. The molecule has 0 aliphatic carbocycles. The lowest BCUT2D eigenvalue weighted by Gasteiger charge is -2.06. The zero-order chi connectivity index (χ0) is 19.4. The van der Waals surface area contributed by atoms with Gasteiger partial charge in [-0.3, -0.25) is 14.0 Å². The molecule has 3 aromatic rings. The average Bonchev–Trinajstić information content (AvgIpc) is 3.05. The molecule has 2 aromatic heterocycles. The molecule has 0 radical (unpaired) electrons. The maximum Gasteiger partial charge on any atom is 0.287 e. The summed E-state index contributed by atoms with van der Waals surface area (Å²) in [6.07, 6.45) is 1.74. The molecule has 2 N–H and O–H groups in total. The highest BCUT2D eigenvalue weighted by molar-refractivity contribution is 6.02. The van der Waals surface area contributed by atoms with Gasteiger partial charge in [-0.25, -0.2) is 4.98 Å². The van der Waals surface area contributed by atoms with Gasteiger partial charge in [0.1, 0.15) is 0 Å². The Balaban J connectivity index is 1.82. The molecule has 3 rings (SSSR count). The number of aryl methyl sites for hydroxylation is 1. The van der Waals surface area contributed by atoms with Crippen LogP contribution in [-0.4, -0.2) is 27.7 Å². The number of nitrogens with one attached hydrogen (secondary N) is 2. The molecule has 0 unspecified atom stereocenters. The Morgan fingerprint density at radius 1 is 1.04 bits per heavy atom. The number of hydrogen-bond donors (Lipinski definition) is 2. The van der Waals surface area contributed by atoms with Crippen LogP contribution in [-0.2, 0) is 6.54 Å². The van der Waals surface area contributed by atoms with E-state index in [9.17, 15) is 9.59 Å². The molecule has 0 fully saturated rings. The van der Waals surface area contributed by atoms with Crippen LogP contribution in [0.15, 0.2) is 48.7 Å². The number of aromatic nitrogens is 2. The Kier molecular flexibility index (Phi) is 5.54. The minimum Gasteiger partial charge on any atom is -0.349 e. The van der Waals surface area contributed by atoms with Gasteiger partial charge in [-0.1, -0.05) is 49.7 Å². The van der Waals surface area contributed by atoms with Crippen LogP contribution in [0.5, 0.6) is 0 Å². The monoisotopic (exact) mass is 364 g/mol. The van der Waals surface area contributed by atoms with Gasteiger partial charge in [-0.05, 0) is 30.5 Å². The van der Waals surface area contributed by atoms with Crippen LogP contribution in [0.1, 0.15) is 46.1 Å². The summed E-state index contributed by atoms with van der Waals surface area (Å²) in [7, 11) is 0. The van der Waals surface area contributed by atoms with Crippen molar-refractivity contribution in [2.45, 2.75) is 27.3 Å². The Morgan fingerprint density at radius 3 is 2.48 bits per heavy atom. The lowest BCUT2D eigenvalue weighted by atomic mass is 10.1. The minimum absolute atomic E-state index is 0.215. The van der Waals surface area contributed by atoms with Crippen molar-refractivity contribution in [3.8, 4) is 0 Å². The lowest BCUT2D eigenvalue weighted by molar-refractivity contribution is 0.0938. The standard InChI is InChI=1S/C21H24N4O2/c1-14(2)12-22-21(27)19-24-18(17-6-4-5-11-25(17)19)20(26)23-13-16-9-7-15(3)8-10-16/h4-11,14H,12-13H2,1-3H3,(H,22,27)(H,23,26). The van der Waals surface area contributed by atoms with Crippen LogP contribution in [0, 0.1) is 12.8 Å². The Hall–Kier alpha value is -3.15. The number of rotatable bonds is 6. The second-order valence-electron chi connectivity index (χ2n) is 7.01. The van der Waals surface area contributed by atoms with E-state index in [1.807, 2.05) is 57.2 Å². The van der Waals surface area contributed by atoms with Gasteiger partial charge in [-0.2, -0.15) is 0 Å². The van der Waals surface area contributed by atoms with E-state index in [0.29, 0.717) is 24.5 Å². The maximum atomic E-state index is 12.7. The van der Waals surface area contributed by atoms with Crippen molar-refractivity contribution >= 4 is 17.3 Å². The van der Waals surface area contributed by atoms with E-state index in [-0.39, 0.29) is 23.3 Å².